The molecule has 0 aliphatic heterocycles. The van der Waals surface area contributed by atoms with Gasteiger partial charge in [0, 0.05) is 24.1 Å². The molecule has 14 heavy (non-hydrogen) atoms. The summed E-state index contributed by atoms with van der Waals surface area (Å²) in [7, 11) is 2.09. The average molecular weight is 214 g/mol. The predicted molar refractivity (Wildman–Crippen MR) is 60.1 cm³/mol. The number of hydrogen-bond acceptors (Lipinski definition) is 5. The van der Waals surface area contributed by atoms with Gasteiger partial charge >= 0.3 is 0 Å². The molecule has 0 aromatic carbocycles. The maximum absolute atomic E-state index is 5.73. The molecule has 0 aliphatic rings. The van der Waals surface area contributed by atoms with Gasteiger partial charge in [-0.05, 0) is 19.9 Å². The van der Waals surface area contributed by atoms with Crippen LogP contribution in [0.4, 0.5) is 5.00 Å². The van der Waals surface area contributed by atoms with E-state index in [0.29, 0.717) is 12.0 Å². The smallest absolute Gasteiger partial charge is 0.132 e. The van der Waals surface area contributed by atoms with E-state index in [1.807, 2.05) is 0 Å². The van der Waals surface area contributed by atoms with Gasteiger partial charge in [-0.15, -0.1) is 5.10 Å². The molecule has 2 N–H and O–H groups in total. The molecule has 0 aliphatic carbocycles. The molecule has 0 amide bonds. The molecule has 0 saturated carbocycles. The summed E-state index contributed by atoms with van der Waals surface area (Å²) in [4.78, 5) is 2.25. The summed E-state index contributed by atoms with van der Waals surface area (Å²) in [6, 6.07) is 0.524. The summed E-state index contributed by atoms with van der Waals surface area (Å²) in [6.45, 7) is 7.41. The molecule has 5 heteroatoms. The second kappa shape index (κ2) is 4.70. The minimum atomic E-state index is 0.524. The normalized spacial score (nSPS) is 13.9. The Labute approximate surface area is 89.3 Å². The lowest BCUT2D eigenvalue weighted by Crippen LogP contribution is -2.33. The molecule has 0 bridgehead atoms. The van der Waals surface area contributed by atoms with Crippen molar-refractivity contribution in [2.45, 2.75) is 33.4 Å². The van der Waals surface area contributed by atoms with Gasteiger partial charge in [0.25, 0.3) is 0 Å². The van der Waals surface area contributed by atoms with E-state index >= 15 is 0 Å². The monoisotopic (exact) mass is 214 g/mol. The van der Waals surface area contributed by atoms with E-state index in [4.69, 9.17) is 5.73 Å². The summed E-state index contributed by atoms with van der Waals surface area (Å²) in [5.41, 5.74) is 6.63. The van der Waals surface area contributed by atoms with Crippen molar-refractivity contribution < 1.29 is 0 Å². The van der Waals surface area contributed by atoms with Crippen LogP contribution in [0.3, 0.4) is 0 Å². The lowest BCUT2D eigenvalue weighted by molar-refractivity contribution is 0.198. The molecule has 1 heterocycles. The first-order chi connectivity index (χ1) is 6.52. The number of nitrogen functional groups attached to an aromatic ring is 1. The zero-order valence-corrected chi connectivity index (χ0v) is 10.0. The van der Waals surface area contributed by atoms with Crippen molar-refractivity contribution in [3.8, 4) is 0 Å². The van der Waals surface area contributed by atoms with Crippen LogP contribution in [-0.2, 0) is 6.54 Å². The second-order valence-corrected chi connectivity index (χ2v) is 4.77. The predicted octanol–water partition coefficient (Wildman–Crippen LogP) is 1.60. The minimum absolute atomic E-state index is 0.524. The van der Waals surface area contributed by atoms with Crippen molar-refractivity contribution >= 4 is 16.5 Å². The third-order valence-corrected chi connectivity index (χ3v) is 3.24. The van der Waals surface area contributed by atoms with Crippen molar-refractivity contribution in [3.63, 3.8) is 0 Å². The standard InChI is InChI=1S/C9H18N4S/c1-6(2)7(3)13(4)5-8-9(10)14-12-11-8/h6-7H,5,10H2,1-4H3. The molecule has 1 aromatic heterocycles. The van der Waals surface area contributed by atoms with Crippen LogP contribution in [0.15, 0.2) is 0 Å². The van der Waals surface area contributed by atoms with Gasteiger partial charge < -0.3 is 5.73 Å². The Morgan fingerprint density at radius 3 is 2.50 bits per heavy atom. The van der Waals surface area contributed by atoms with E-state index in [-0.39, 0.29) is 0 Å². The SMILES string of the molecule is CC(C)C(C)N(C)Cc1nnsc1N. The summed E-state index contributed by atoms with van der Waals surface area (Å²) in [5, 5.41) is 4.73. The maximum atomic E-state index is 5.73. The first-order valence-electron chi connectivity index (χ1n) is 4.79. The highest BCUT2D eigenvalue weighted by Gasteiger charge is 2.15. The van der Waals surface area contributed by atoms with Crippen LogP contribution >= 0.6 is 11.5 Å². The molecule has 0 radical (unpaired) electrons. The van der Waals surface area contributed by atoms with Gasteiger partial charge in [-0.25, -0.2) is 0 Å². The lowest BCUT2D eigenvalue weighted by Gasteiger charge is -2.26. The molecule has 0 spiro atoms. The Kier molecular flexibility index (Phi) is 3.83. The Hall–Kier alpha value is -0.680. The zero-order valence-electron chi connectivity index (χ0n) is 9.19. The quantitative estimate of drug-likeness (QED) is 0.827. The number of rotatable bonds is 4. The summed E-state index contributed by atoms with van der Waals surface area (Å²) in [6.07, 6.45) is 0. The van der Waals surface area contributed by atoms with Crippen molar-refractivity contribution in [1.82, 2.24) is 14.5 Å². The molecule has 4 nitrogen and oxygen atoms in total. The van der Waals surface area contributed by atoms with Gasteiger partial charge in [-0.2, -0.15) is 0 Å². The Morgan fingerprint density at radius 1 is 1.43 bits per heavy atom. The largest absolute Gasteiger partial charge is 0.388 e. The summed E-state index contributed by atoms with van der Waals surface area (Å²) < 4.78 is 3.82. The Morgan fingerprint density at radius 2 is 2.07 bits per heavy atom. The van der Waals surface area contributed by atoms with Crippen LogP contribution in [0.25, 0.3) is 0 Å². The number of hydrogen-bond donors (Lipinski definition) is 1. The number of nitrogens with zero attached hydrogens (tertiary/aromatic N) is 3. The molecular formula is C9H18N4S. The van der Waals surface area contributed by atoms with Crippen LogP contribution in [0.2, 0.25) is 0 Å². The van der Waals surface area contributed by atoms with E-state index in [1.54, 1.807) is 0 Å². The Bertz CT molecular complexity index is 284. The van der Waals surface area contributed by atoms with Gasteiger partial charge in [0.1, 0.15) is 10.7 Å². The molecule has 0 fully saturated rings. The van der Waals surface area contributed by atoms with Gasteiger partial charge in [-0.3, -0.25) is 4.90 Å². The fourth-order valence-corrected chi connectivity index (χ4v) is 1.65. The first-order valence-corrected chi connectivity index (χ1v) is 5.56. The van der Waals surface area contributed by atoms with Crippen LogP contribution in [-0.4, -0.2) is 27.6 Å². The van der Waals surface area contributed by atoms with Crippen LogP contribution in [0.1, 0.15) is 26.5 Å². The van der Waals surface area contributed by atoms with Gasteiger partial charge in [-0.1, -0.05) is 18.3 Å². The van der Waals surface area contributed by atoms with Crippen molar-refractivity contribution in [2.75, 3.05) is 12.8 Å². The second-order valence-electron chi connectivity index (χ2n) is 3.98. The number of aromatic nitrogens is 2. The van der Waals surface area contributed by atoms with Crippen LogP contribution in [0, 0.1) is 5.92 Å². The molecule has 1 rings (SSSR count). The fraction of sp³-hybridized carbons (Fsp3) is 0.778. The molecule has 1 unspecified atom stereocenters. The third kappa shape index (κ3) is 2.65. The molecule has 1 atom stereocenters. The number of nitrogens with two attached hydrogens (primary N) is 1. The van der Waals surface area contributed by atoms with E-state index in [9.17, 15) is 0 Å². The highest BCUT2D eigenvalue weighted by Crippen LogP contribution is 2.17. The van der Waals surface area contributed by atoms with Crippen molar-refractivity contribution in [1.29, 1.82) is 0 Å². The van der Waals surface area contributed by atoms with Crippen molar-refractivity contribution in [2.24, 2.45) is 5.92 Å². The van der Waals surface area contributed by atoms with E-state index in [2.05, 4.69) is 42.3 Å². The van der Waals surface area contributed by atoms with Crippen LogP contribution < -0.4 is 5.73 Å². The highest BCUT2D eigenvalue weighted by atomic mass is 32.1. The average Bonchev–Trinajstić information content (AvgIpc) is 2.50. The summed E-state index contributed by atoms with van der Waals surface area (Å²) >= 11 is 1.26. The van der Waals surface area contributed by atoms with Gasteiger partial charge in [0.05, 0.1) is 0 Å². The van der Waals surface area contributed by atoms with Gasteiger partial charge in [0.15, 0.2) is 0 Å². The Balaban J connectivity index is 2.57. The third-order valence-electron chi connectivity index (χ3n) is 2.64. The molecular weight excluding hydrogens is 196 g/mol. The summed E-state index contributed by atoms with van der Waals surface area (Å²) in [5.74, 6) is 0.632. The minimum Gasteiger partial charge on any atom is -0.388 e. The fourth-order valence-electron chi connectivity index (χ4n) is 1.21. The van der Waals surface area contributed by atoms with Crippen LogP contribution in [0.5, 0.6) is 0 Å². The van der Waals surface area contributed by atoms with E-state index in [1.165, 1.54) is 11.5 Å². The lowest BCUT2D eigenvalue weighted by atomic mass is 10.1. The molecule has 80 valence electrons. The topological polar surface area (TPSA) is 55.0 Å². The zero-order chi connectivity index (χ0) is 10.7. The van der Waals surface area contributed by atoms with Crippen molar-refractivity contribution in [3.05, 3.63) is 5.69 Å². The molecule has 1 aromatic rings. The highest BCUT2D eigenvalue weighted by molar-refractivity contribution is 7.09. The first kappa shape index (κ1) is 11.4. The van der Waals surface area contributed by atoms with E-state index in [0.717, 1.165) is 17.2 Å². The number of anilines is 1. The van der Waals surface area contributed by atoms with E-state index < -0.39 is 0 Å². The molecule has 0 saturated heterocycles. The maximum Gasteiger partial charge on any atom is 0.132 e. The van der Waals surface area contributed by atoms with Gasteiger partial charge in [0.2, 0.25) is 0 Å².